The van der Waals surface area contributed by atoms with Crippen molar-refractivity contribution in [1.82, 2.24) is 5.32 Å². The number of nitrogens with one attached hydrogen (secondary N) is 2. The van der Waals surface area contributed by atoms with Gasteiger partial charge in [0.1, 0.15) is 5.75 Å². The lowest BCUT2D eigenvalue weighted by atomic mass is 10.3. The fourth-order valence-electron chi connectivity index (χ4n) is 0.994. The van der Waals surface area contributed by atoms with E-state index >= 15 is 0 Å². The van der Waals surface area contributed by atoms with Gasteiger partial charge in [-0.3, -0.25) is 0 Å². The second-order valence-electron chi connectivity index (χ2n) is 3.02. The highest BCUT2D eigenvalue weighted by Gasteiger charge is 2.03. The van der Waals surface area contributed by atoms with E-state index in [2.05, 4.69) is 14.8 Å². The van der Waals surface area contributed by atoms with Crippen LogP contribution < -0.4 is 14.8 Å². The lowest BCUT2D eigenvalue weighted by Crippen LogP contribution is -2.16. The Balaban J connectivity index is 2.64. The van der Waals surface area contributed by atoms with Gasteiger partial charge < -0.3 is 14.8 Å². The van der Waals surface area contributed by atoms with Gasteiger partial charge in [-0.25, -0.2) is 0 Å². The number of hydrogen-bond donors (Lipinski definition) is 2. The average molecular weight is 230 g/mol. The Labute approximate surface area is 89.6 Å². The zero-order chi connectivity index (χ0) is 11.3. The molecule has 0 radical (unpaired) electrons. The van der Waals surface area contributed by atoms with Crippen LogP contribution in [0.2, 0.25) is 0 Å². The van der Waals surface area contributed by atoms with Crippen LogP contribution in [0.5, 0.6) is 5.75 Å². The molecule has 0 aliphatic carbocycles. The molecule has 0 unspecified atom stereocenters. The van der Waals surface area contributed by atoms with E-state index in [1.54, 1.807) is 24.3 Å². The second-order valence-corrected chi connectivity index (χ2v) is 4.59. The Hall–Kier alpha value is -1.27. The van der Waals surface area contributed by atoms with Crippen LogP contribution in [0.1, 0.15) is 0 Å². The highest BCUT2D eigenvalue weighted by atomic mass is 32.2. The van der Waals surface area contributed by atoms with Crippen molar-refractivity contribution in [2.75, 3.05) is 25.3 Å². The van der Waals surface area contributed by atoms with Crippen LogP contribution in [0.4, 0.5) is 5.69 Å². The van der Waals surface area contributed by atoms with Crippen LogP contribution in [-0.2, 0) is 10.1 Å². The molecule has 0 spiro atoms. The van der Waals surface area contributed by atoms with Crippen molar-refractivity contribution in [3.63, 3.8) is 0 Å². The summed E-state index contributed by atoms with van der Waals surface area (Å²) in [4.78, 5) is 0. The molecule has 84 valence electrons. The van der Waals surface area contributed by atoms with Gasteiger partial charge in [0, 0.05) is 5.69 Å². The summed E-state index contributed by atoms with van der Waals surface area (Å²) in [5, 5.41) is 6.00. The molecule has 5 nitrogen and oxygen atoms in total. The van der Waals surface area contributed by atoms with Crippen molar-refractivity contribution in [2.24, 2.45) is 0 Å². The summed E-state index contributed by atoms with van der Waals surface area (Å²) in [5.41, 5.74) is 0.894. The molecule has 1 aromatic carbocycles. The minimum atomic E-state index is -3.44. The topological polar surface area (TPSA) is 67.4 Å². The van der Waals surface area contributed by atoms with Gasteiger partial charge in [0.2, 0.25) is 0 Å². The Bertz CT molecular complexity index is 400. The zero-order valence-corrected chi connectivity index (χ0v) is 9.47. The molecule has 0 amide bonds. The third kappa shape index (κ3) is 4.66. The molecule has 0 aromatic heterocycles. The minimum absolute atomic E-state index is 0.313. The van der Waals surface area contributed by atoms with E-state index in [9.17, 15) is 8.42 Å². The monoisotopic (exact) mass is 230 g/mol. The summed E-state index contributed by atoms with van der Waals surface area (Å²) < 4.78 is 26.3. The van der Waals surface area contributed by atoms with E-state index in [-0.39, 0.29) is 0 Å². The van der Waals surface area contributed by atoms with Gasteiger partial charge in [0.05, 0.1) is 12.9 Å². The van der Waals surface area contributed by atoms with E-state index in [1.807, 2.05) is 7.05 Å². The number of anilines is 1. The molecule has 0 bridgehead atoms. The lowest BCUT2D eigenvalue weighted by molar-refractivity contribution is 0.493. The second kappa shape index (κ2) is 4.99. The van der Waals surface area contributed by atoms with Gasteiger partial charge in [-0.05, 0) is 31.3 Å². The van der Waals surface area contributed by atoms with Crippen LogP contribution in [0.25, 0.3) is 0 Å². The van der Waals surface area contributed by atoms with Crippen molar-refractivity contribution in [2.45, 2.75) is 0 Å². The maximum atomic E-state index is 10.8. The van der Waals surface area contributed by atoms with Crippen LogP contribution in [0, 0.1) is 0 Å². The van der Waals surface area contributed by atoms with E-state index in [0.29, 0.717) is 12.4 Å². The highest BCUT2D eigenvalue weighted by molar-refractivity contribution is 7.86. The molecule has 2 N–H and O–H groups in total. The Morgan fingerprint density at radius 1 is 1.27 bits per heavy atom. The van der Waals surface area contributed by atoms with Crippen LogP contribution in [0.15, 0.2) is 24.3 Å². The predicted molar refractivity (Wildman–Crippen MR) is 59.5 cm³/mol. The van der Waals surface area contributed by atoms with E-state index in [0.717, 1.165) is 11.9 Å². The third-order valence-corrected chi connectivity index (χ3v) is 2.07. The van der Waals surface area contributed by atoms with Crippen LogP contribution >= 0.6 is 0 Å². The standard InChI is InChI=1S/C9H14N2O3S/c1-10-7-11-8-3-5-9(6-4-8)14-15(2,12)13/h3-6,10-11H,7H2,1-2H3. The SMILES string of the molecule is CNCNc1ccc(OS(C)(=O)=O)cc1. The molecule has 6 heteroatoms. The Morgan fingerprint density at radius 2 is 1.87 bits per heavy atom. The molecule has 15 heavy (non-hydrogen) atoms. The molecule has 0 saturated carbocycles. The van der Waals surface area contributed by atoms with Gasteiger partial charge in [-0.2, -0.15) is 8.42 Å². The van der Waals surface area contributed by atoms with Gasteiger partial charge in [-0.1, -0.05) is 0 Å². The van der Waals surface area contributed by atoms with Gasteiger partial charge >= 0.3 is 10.1 Å². The maximum absolute atomic E-state index is 10.8. The Morgan fingerprint density at radius 3 is 2.33 bits per heavy atom. The van der Waals surface area contributed by atoms with Crippen molar-refractivity contribution in [1.29, 1.82) is 0 Å². The maximum Gasteiger partial charge on any atom is 0.306 e. The first-order chi connectivity index (χ1) is 7.01. The first-order valence-corrected chi connectivity index (χ1v) is 6.21. The number of rotatable bonds is 5. The van der Waals surface area contributed by atoms with E-state index in [4.69, 9.17) is 0 Å². The summed E-state index contributed by atoms with van der Waals surface area (Å²) in [5.74, 6) is 0.313. The fourth-order valence-corrected chi connectivity index (χ4v) is 1.45. The summed E-state index contributed by atoms with van der Waals surface area (Å²) in [6.45, 7) is 0.645. The molecule has 0 saturated heterocycles. The van der Waals surface area contributed by atoms with Crippen LogP contribution in [-0.4, -0.2) is 28.4 Å². The highest BCUT2D eigenvalue weighted by Crippen LogP contribution is 2.16. The smallest absolute Gasteiger partial charge is 0.306 e. The third-order valence-electron chi connectivity index (χ3n) is 1.57. The van der Waals surface area contributed by atoms with E-state index < -0.39 is 10.1 Å². The number of hydrogen-bond acceptors (Lipinski definition) is 5. The molecule has 1 aromatic rings. The molecule has 1 rings (SSSR count). The molecule has 0 heterocycles. The summed E-state index contributed by atoms with van der Waals surface area (Å²) >= 11 is 0. The van der Waals surface area contributed by atoms with Gasteiger partial charge in [0.25, 0.3) is 0 Å². The first kappa shape index (κ1) is 11.8. The predicted octanol–water partition coefficient (Wildman–Crippen LogP) is 0.614. The first-order valence-electron chi connectivity index (χ1n) is 4.39. The fraction of sp³-hybridized carbons (Fsp3) is 0.333. The average Bonchev–Trinajstić information content (AvgIpc) is 2.14. The molecule has 0 aliphatic rings. The number of benzene rings is 1. The largest absolute Gasteiger partial charge is 0.383 e. The lowest BCUT2D eigenvalue weighted by Gasteiger charge is -2.06. The summed E-state index contributed by atoms with van der Waals surface area (Å²) in [6.07, 6.45) is 1.01. The van der Waals surface area contributed by atoms with Crippen molar-refractivity contribution in [3.8, 4) is 5.75 Å². The molecule has 0 atom stereocenters. The van der Waals surface area contributed by atoms with Crippen molar-refractivity contribution >= 4 is 15.8 Å². The molecule has 0 aliphatic heterocycles. The van der Waals surface area contributed by atoms with Gasteiger partial charge in [0.15, 0.2) is 0 Å². The van der Waals surface area contributed by atoms with Crippen molar-refractivity contribution in [3.05, 3.63) is 24.3 Å². The quantitative estimate of drug-likeness (QED) is 0.573. The molecule has 0 fully saturated rings. The van der Waals surface area contributed by atoms with Crippen molar-refractivity contribution < 1.29 is 12.6 Å². The Kier molecular flexibility index (Phi) is 3.93. The normalized spacial score (nSPS) is 11.1. The minimum Gasteiger partial charge on any atom is -0.383 e. The summed E-state index contributed by atoms with van der Waals surface area (Å²) in [6, 6.07) is 6.69. The van der Waals surface area contributed by atoms with Crippen LogP contribution in [0.3, 0.4) is 0 Å². The zero-order valence-electron chi connectivity index (χ0n) is 8.65. The summed E-state index contributed by atoms with van der Waals surface area (Å²) in [7, 11) is -1.61. The molecular weight excluding hydrogens is 216 g/mol. The molecular formula is C9H14N2O3S. The van der Waals surface area contributed by atoms with E-state index in [1.165, 1.54) is 0 Å². The van der Waals surface area contributed by atoms with Gasteiger partial charge in [-0.15, -0.1) is 0 Å².